The van der Waals surface area contributed by atoms with Crippen molar-refractivity contribution in [1.82, 2.24) is 9.80 Å². The third kappa shape index (κ3) is 5.61. The summed E-state index contributed by atoms with van der Waals surface area (Å²) in [6.07, 6.45) is 2.59. The van der Waals surface area contributed by atoms with Crippen molar-refractivity contribution < 1.29 is 9.53 Å². The Balaban J connectivity index is 2.36. The molecule has 1 aliphatic rings. The van der Waals surface area contributed by atoms with Gasteiger partial charge in [0.2, 0.25) is 0 Å². The molecule has 116 valence electrons. The molecule has 6 nitrogen and oxygen atoms in total. The van der Waals surface area contributed by atoms with Gasteiger partial charge in [0.05, 0.1) is 24.7 Å². The van der Waals surface area contributed by atoms with Crippen LogP contribution in [0.3, 0.4) is 0 Å². The number of nitrogens with zero attached hydrogens (tertiary/aromatic N) is 4. The summed E-state index contributed by atoms with van der Waals surface area (Å²) in [4.78, 5) is 15.6. The molecule has 1 heterocycles. The minimum absolute atomic E-state index is 0.0796. The quantitative estimate of drug-likeness (QED) is 0.747. The van der Waals surface area contributed by atoms with Crippen LogP contribution < -0.4 is 0 Å². The topological polar surface area (TPSA) is 80.4 Å². The molecule has 1 rings (SSSR count). The van der Waals surface area contributed by atoms with Crippen molar-refractivity contribution in [3.63, 3.8) is 0 Å². The van der Waals surface area contributed by atoms with Crippen molar-refractivity contribution in [3.05, 3.63) is 0 Å². The minimum Gasteiger partial charge on any atom is -0.450 e. The summed E-state index contributed by atoms with van der Waals surface area (Å²) in [5, 5.41) is 17.7. The number of ether oxygens (including phenoxy) is 1. The maximum absolute atomic E-state index is 11.7. The van der Waals surface area contributed by atoms with Crippen LogP contribution in [0.25, 0.3) is 0 Å². The molecule has 21 heavy (non-hydrogen) atoms. The molecule has 0 aromatic rings. The highest BCUT2D eigenvalue weighted by Gasteiger charge is 2.27. The van der Waals surface area contributed by atoms with E-state index in [1.165, 1.54) is 0 Å². The van der Waals surface area contributed by atoms with Crippen molar-refractivity contribution >= 4 is 6.09 Å². The van der Waals surface area contributed by atoms with Crippen molar-refractivity contribution in [1.29, 1.82) is 10.5 Å². The first-order chi connectivity index (χ1) is 10.1. The van der Waals surface area contributed by atoms with Crippen LogP contribution in [0.4, 0.5) is 4.79 Å². The van der Waals surface area contributed by atoms with E-state index in [1.807, 2.05) is 0 Å². The van der Waals surface area contributed by atoms with Gasteiger partial charge in [0.15, 0.2) is 0 Å². The Hall–Kier alpha value is -1.79. The van der Waals surface area contributed by atoms with E-state index in [9.17, 15) is 4.79 Å². The van der Waals surface area contributed by atoms with Crippen LogP contribution in [0.2, 0.25) is 0 Å². The number of rotatable bonds is 6. The highest BCUT2D eigenvalue weighted by molar-refractivity contribution is 5.67. The molecule has 1 amide bonds. The third-order valence-electron chi connectivity index (χ3n) is 3.93. The van der Waals surface area contributed by atoms with Crippen LogP contribution in [-0.2, 0) is 4.74 Å². The number of nitriles is 2. The smallest absolute Gasteiger partial charge is 0.409 e. The molecule has 0 radical (unpaired) electrons. The second-order valence-electron chi connectivity index (χ2n) is 5.36. The fraction of sp³-hybridized carbons (Fsp3) is 0.800. The Morgan fingerprint density at radius 3 is 2.62 bits per heavy atom. The molecule has 0 aromatic heterocycles. The van der Waals surface area contributed by atoms with Gasteiger partial charge in [-0.3, -0.25) is 0 Å². The number of carbonyl (C=O) groups is 1. The molecule has 0 bridgehead atoms. The Morgan fingerprint density at radius 1 is 1.43 bits per heavy atom. The lowest BCUT2D eigenvalue weighted by atomic mass is 10.00. The van der Waals surface area contributed by atoms with Gasteiger partial charge in [-0.05, 0) is 26.2 Å². The SMILES string of the molecule is CCOC(=O)N(C)C1CCN(C[C@@H](C#N)CCC#N)CC1. The van der Waals surface area contributed by atoms with Crippen LogP contribution in [0.1, 0.15) is 32.6 Å². The second kappa shape index (κ2) is 9.20. The van der Waals surface area contributed by atoms with E-state index in [2.05, 4.69) is 17.0 Å². The molecule has 0 unspecified atom stereocenters. The summed E-state index contributed by atoms with van der Waals surface area (Å²) in [6.45, 7) is 4.66. The van der Waals surface area contributed by atoms with Gasteiger partial charge in [0.1, 0.15) is 0 Å². The minimum atomic E-state index is -0.264. The number of amides is 1. The van der Waals surface area contributed by atoms with Crippen molar-refractivity contribution in [2.45, 2.75) is 38.6 Å². The fourth-order valence-electron chi connectivity index (χ4n) is 2.61. The fourth-order valence-corrected chi connectivity index (χ4v) is 2.61. The maximum atomic E-state index is 11.7. The predicted octanol–water partition coefficient (Wildman–Crippen LogP) is 1.98. The van der Waals surface area contributed by atoms with Gasteiger partial charge in [-0.25, -0.2) is 4.79 Å². The van der Waals surface area contributed by atoms with E-state index >= 15 is 0 Å². The molecule has 0 spiro atoms. The summed E-state index contributed by atoms with van der Waals surface area (Å²) in [5.41, 5.74) is 0. The average Bonchev–Trinajstić information content (AvgIpc) is 2.51. The normalized spacial score (nSPS) is 17.5. The molecule has 1 fully saturated rings. The molecule has 1 saturated heterocycles. The number of piperidine rings is 1. The lowest BCUT2D eigenvalue weighted by Gasteiger charge is -2.36. The zero-order valence-electron chi connectivity index (χ0n) is 12.9. The molecule has 0 aliphatic carbocycles. The molecular formula is C15H24N4O2. The molecule has 0 N–H and O–H groups in total. The van der Waals surface area contributed by atoms with Crippen molar-refractivity contribution in [2.75, 3.05) is 33.3 Å². The van der Waals surface area contributed by atoms with Crippen molar-refractivity contribution in [2.24, 2.45) is 5.92 Å². The van der Waals surface area contributed by atoms with E-state index in [0.717, 1.165) is 25.9 Å². The van der Waals surface area contributed by atoms with E-state index in [0.29, 0.717) is 26.0 Å². The van der Waals surface area contributed by atoms with Crippen LogP contribution in [0.5, 0.6) is 0 Å². The van der Waals surface area contributed by atoms with Gasteiger partial charge in [-0.2, -0.15) is 10.5 Å². The molecule has 0 aromatic carbocycles. The van der Waals surface area contributed by atoms with Gasteiger partial charge in [-0.15, -0.1) is 0 Å². The van der Waals surface area contributed by atoms with E-state index in [4.69, 9.17) is 15.3 Å². The lowest BCUT2D eigenvalue weighted by molar-refractivity contribution is 0.0783. The van der Waals surface area contributed by atoms with Crippen LogP contribution in [0.15, 0.2) is 0 Å². The van der Waals surface area contributed by atoms with Gasteiger partial charge in [0.25, 0.3) is 0 Å². The Kier molecular flexibility index (Phi) is 7.56. The van der Waals surface area contributed by atoms with E-state index in [-0.39, 0.29) is 18.1 Å². The first-order valence-electron chi connectivity index (χ1n) is 7.50. The zero-order valence-corrected chi connectivity index (χ0v) is 12.9. The molecular weight excluding hydrogens is 268 g/mol. The van der Waals surface area contributed by atoms with Gasteiger partial charge in [-0.1, -0.05) is 0 Å². The summed E-state index contributed by atoms with van der Waals surface area (Å²) in [7, 11) is 1.78. The summed E-state index contributed by atoms with van der Waals surface area (Å²) >= 11 is 0. The number of carbonyl (C=O) groups excluding carboxylic acids is 1. The Morgan fingerprint density at radius 2 is 2.10 bits per heavy atom. The standard InChI is InChI=1S/C15H24N4O2/c1-3-21-15(20)18(2)14-6-9-19(10-7-14)12-13(11-17)5-4-8-16/h13-14H,3-7,9-10,12H2,1-2H3/t13-/m1/s1. The van der Waals surface area contributed by atoms with Crippen LogP contribution >= 0.6 is 0 Å². The summed E-state index contributed by atoms with van der Waals surface area (Å²) in [5.74, 6) is -0.0796. The first-order valence-corrected chi connectivity index (χ1v) is 7.50. The number of likely N-dealkylation sites (tertiary alicyclic amines) is 1. The van der Waals surface area contributed by atoms with Gasteiger partial charge >= 0.3 is 6.09 Å². The van der Waals surface area contributed by atoms with Gasteiger partial charge < -0.3 is 14.5 Å². The molecule has 6 heteroatoms. The van der Waals surface area contributed by atoms with Crippen LogP contribution in [0, 0.1) is 28.6 Å². The van der Waals surface area contributed by atoms with Gasteiger partial charge in [0, 0.05) is 39.1 Å². The Labute approximate surface area is 126 Å². The van der Waals surface area contributed by atoms with Crippen LogP contribution in [-0.4, -0.2) is 55.2 Å². The summed E-state index contributed by atoms with van der Waals surface area (Å²) < 4.78 is 5.01. The molecule has 1 atom stereocenters. The first kappa shape index (κ1) is 17.3. The average molecular weight is 292 g/mol. The highest BCUT2D eigenvalue weighted by Crippen LogP contribution is 2.18. The van der Waals surface area contributed by atoms with Crippen molar-refractivity contribution in [3.8, 4) is 12.1 Å². The largest absolute Gasteiger partial charge is 0.450 e. The zero-order chi connectivity index (χ0) is 15.7. The highest BCUT2D eigenvalue weighted by atomic mass is 16.6. The monoisotopic (exact) mass is 292 g/mol. The lowest BCUT2D eigenvalue weighted by Crippen LogP contribution is -2.46. The Bertz CT molecular complexity index is 405. The predicted molar refractivity (Wildman–Crippen MR) is 78.2 cm³/mol. The number of hydrogen-bond donors (Lipinski definition) is 0. The second-order valence-corrected chi connectivity index (χ2v) is 5.36. The molecule has 1 aliphatic heterocycles. The van der Waals surface area contributed by atoms with E-state index < -0.39 is 0 Å². The maximum Gasteiger partial charge on any atom is 0.409 e. The summed E-state index contributed by atoms with van der Waals surface area (Å²) in [6, 6.07) is 4.57. The number of hydrogen-bond acceptors (Lipinski definition) is 5. The molecule has 0 saturated carbocycles. The third-order valence-corrected chi connectivity index (χ3v) is 3.93. The van der Waals surface area contributed by atoms with E-state index in [1.54, 1.807) is 18.9 Å².